The Balaban J connectivity index is 2.80. The standard InChI is InChI=1S/C13H24O4/c1-4-6-11(12(14)17-5-2)13(15,9-16-3)10-7-8-10/h10-11,15H,4-9H2,1-3H3. The second-order valence-electron chi connectivity index (χ2n) is 4.79. The first-order valence-corrected chi connectivity index (χ1v) is 6.48. The van der Waals surface area contributed by atoms with Gasteiger partial charge in [-0.05, 0) is 32.1 Å². The summed E-state index contributed by atoms with van der Waals surface area (Å²) in [5, 5.41) is 10.7. The van der Waals surface area contributed by atoms with Gasteiger partial charge in [0.25, 0.3) is 0 Å². The summed E-state index contributed by atoms with van der Waals surface area (Å²) >= 11 is 0. The van der Waals surface area contributed by atoms with Gasteiger partial charge >= 0.3 is 5.97 Å². The highest BCUT2D eigenvalue weighted by molar-refractivity contribution is 5.74. The third-order valence-corrected chi connectivity index (χ3v) is 3.41. The number of carbonyl (C=O) groups excluding carboxylic acids is 1. The molecule has 2 unspecified atom stereocenters. The van der Waals surface area contributed by atoms with E-state index in [2.05, 4.69) is 0 Å². The van der Waals surface area contributed by atoms with Crippen LogP contribution in [0.4, 0.5) is 0 Å². The van der Waals surface area contributed by atoms with Gasteiger partial charge in [0, 0.05) is 7.11 Å². The normalized spacial score (nSPS) is 20.7. The summed E-state index contributed by atoms with van der Waals surface area (Å²) in [5.41, 5.74) is -1.04. The minimum absolute atomic E-state index is 0.184. The minimum atomic E-state index is -1.04. The quantitative estimate of drug-likeness (QED) is 0.661. The van der Waals surface area contributed by atoms with E-state index in [4.69, 9.17) is 9.47 Å². The maximum Gasteiger partial charge on any atom is 0.311 e. The van der Waals surface area contributed by atoms with Crippen LogP contribution in [0.1, 0.15) is 39.5 Å². The molecule has 2 atom stereocenters. The largest absolute Gasteiger partial charge is 0.466 e. The molecular weight excluding hydrogens is 220 g/mol. The molecule has 0 bridgehead atoms. The van der Waals surface area contributed by atoms with Crippen molar-refractivity contribution < 1.29 is 19.4 Å². The highest BCUT2D eigenvalue weighted by atomic mass is 16.5. The molecule has 0 aromatic rings. The van der Waals surface area contributed by atoms with Gasteiger partial charge in [0.1, 0.15) is 5.60 Å². The van der Waals surface area contributed by atoms with Gasteiger partial charge in [-0.2, -0.15) is 0 Å². The smallest absolute Gasteiger partial charge is 0.311 e. The van der Waals surface area contributed by atoms with Crippen molar-refractivity contribution in [2.24, 2.45) is 11.8 Å². The van der Waals surface area contributed by atoms with Crippen molar-refractivity contribution in [3.63, 3.8) is 0 Å². The molecule has 100 valence electrons. The van der Waals surface area contributed by atoms with Crippen LogP contribution in [0.25, 0.3) is 0 Å². The number of aliphatic hydroxyl groups is 1. The lowest BCUT2D eigenvalue weighted by Crippen LogP contribution is -2.48. The van der Waals surface area contributed by atoms with Gasteiger partial charge in [-0.15, -0.1) is 0 Å². The van der Waals surface area contributed by atoms with Gasteiger partial charge < -0.3 is 14.6 Å². The fourth-order valence-corrected chi connectivity index (χ4v) is 2.42. The van der Waals surface area contributed by atoms with Crippen LogP contribution in [0.2, 0.25) is 0 Å². The van der Waals surface area contributed by atoms with Crippen molar-refractivity contribution in [2.45, 2.75) is 45.1 Å². The molecule has 17 heavy (non-hydrogen) atoms. The zero-order valence-electron chi connectivity index (χ0n) is 11.1. The van der Waals surface area contributed by atoms with E-state index in [9.17, 15) is 9.90 Å². The van der Waals surface area contributed by atoms with Crippen LogP contribution >= 0.6 is 0 Å². The highest BCUT2D eigenvalue weighted by Gasteiger charge is 2.52. The Bertz CT molecular complexity index is 250. The Kier molecular flexibility index (Phi) is 5.40. The summed E-state index contributed by atoms with van der Waals surface area (Å²) in [7, 11) is 1.56. The molecular formula is C13H24O4. The topological polar surface area (TPSA) is 55.8 Å². The zero-order chi connectivity index (χ0) is 12.9. The molecule has 0 heterocycles. The Labute approximate surface area is 103 Å². The SMILES string of the molecule is CCCC(C(=O)OCC)C(O)(COC)C1CC1. The van der Waals surface area contributed by atoms with Crippen molar-refractivity contribution in [1.29, 1.82) is 0 Å². The third-order valence-electron chi connectivity index (χ3n) is 3.41. The Hall–Kier alpha value is -0.610. The van der Waals surface area contributed by atoms with E-state index in [0.29, 0.717) is 13.0 Å². The van der Waals surface area contributed by atoms with Crippen molar-refractivity contribution in [1.82, 2.24) is 0 Å². The van der Waals surface area contributed by atoms with Crippen LogP contribution in [0.3, 0.4) is 0 Å². The molecule has 4 heteroatoms. The average molecular weight is 244 g/mol. The molecule has 1 rings (SSSR count). The Morgan fingerprint density at radius 3 is 2.53 bits per heavy atom. The molecule has 0 radical (unpaired) electrons. The first-order chi connectivity index (χ1) is 8.10. The van der Waals surface area contributed by atoms with Crippen LogP contribution in [0, 0.1) is 11.8 Å². The fourth-order valence-electron chi connectivity index (χ4n) is 2.42. The van der Waals surface area contributed by atoms with E-state index < -0.39 is 11.5 Å². The average Bonchev–Trinajstić information content (AvgIpc) is 3.10. The highest BCUT2D eigenvalue weighted by Crippen LogP contribution is 2.45. The predicted molar refractivity (Wildman–Crippen MR) is 64.6 cm³/mol. The molecule has 1 aliphatic rings. The van der Waals surface area contributed by atoms with Gasteiger partial charge in [-0.3, -0.25) is 4.79 Å². The molecule has 0 spiro atoms. The Morgan fingerprint density at radius 1 is 1.47 bits per heavy atom. The molecule has 1 fully saturated rings. The van der Waals surface area contributed by atoms with Crippen molar-refractivity contribution in [3.8, 4) is 0 Å². The lowest BCUT2D eigenvalue weighted by molar-refractivity contribution is -0.166. The Morgan fingerprint density at radius 2 is 2.12 bits per heavy atom. The first kappa shape index (κ1) is 14.5. The van der Waals surface area contributed by atoms with Crippen LogP contribution in [0.5, 0.6) is 0 Å². The third kappa shape index (κ3) is 3.42. The summed E-state index contributed by atoms with van der Waals surface area (Å²) in [6, 6.07) is 0. The molecule has 0 aliphatic heterocycles. The monoisotopic (exact) mass is 244 g/mol. The maximum atomic E-state index is 11.9. The molecule has 0 aromatic carbocycles. The van der Waals surface area contributed by atoms with Crippen molar-refractivity contribution >= 4 is 5.97 Å². The van der Waals surface area contributed by atoms with E-state index in [1.807, 2.05) is 6.92 Å². The predicted octanol–water partition coefficient (Wildman–Crippen LogP) is 1.75. The number of hydrogen-bond acceptors (Lipinski definition) is 4. The number of esters is 1. The fraction of sp³-hybridized carbons (Fsp3) is 0.923. The summed E-state index contributed by atoms with van der Waals surface area (Å²) < 4.78 is 10.2. The van der Waals surface area contributed by atoms with Gasteiger partial charge in [0.15, 0.2) is 0 Å². The summed E-state index contributed by atoms with van der Waals surface area (Å²) in [6.45, 7) is 4.35. The van der Waals surface area contributed by atoms with Crippen LogP contribution in [-0.2, 0) is 14.3 Å². The van der Waals surface area contributed by atoms with Gasteiger partial charge in [0.05, 0.1) is 19.1 Å². The van der Waals surface area contributed by atoms with E-state index in [-0.39, 0.29) is 18.5 Å². The van der Waals surface area contributed by atoms with E-state index in [1.165, 1.54) is 0 Å². The number of methoxy groups -OCH3 is 1. The molecule has 4 nitrogen and oxygen atoms in total. The number of carbonyl (C=O) groups is 1. The molecule has 1 N–H and O–H groups in total. The summed E-state index contributed by atoms with van der Waals surface area (Å²) in [6.07, 6.45) is 3.44. The van der Waals surface area contributed by atoms with Crippen molar-refractivity contribution in [2.75, 3.05) is 20.3 Å². The van der Waals surface area contributed by atoms with Gasteiger partial charge in [-0.25, -0.2) is 0 Å². The molecule has 0 saturated heterocycles. The molecule has 1 saturated carbocycles. The summed E-state index contributed by atoms with van der Waals surface area (Å²) in [5.74, 6) is -0.566. The minimum Gasteiger partial charge on any atom is -0.466 e. The number of rotatable bonds is 8. The van der Waals surface area contributed by atoms with Crippen LogP contribution in [0.15, 0.2) is 0 Å². The summed E-state index contributed by atoms with van der Waals surface area (Å²) in [4.78, 5) is 11.9. The lowest BCUT2D eigenvalue weighted by atomic mass is 9.80. The second kappa shape index (κ2) is 6.36. The molecule has 0 amide bonds. The van der Waals surface area contributed by atoms with Crippen LogP contribution < -0.4 is 0 Å². The van der Waals surface area contributed by atoms with Gasteiger partial charge in [-0.1, -0.05) is 13.3 Å². The molecule has 1 aliphatic carbocycles. The zero-order valence-corrected chi connectivity index (χ0v) is 11.1. The van der Waals surface area contributed by atoms with Crippen molar-refractivity contribution in [3.05, 3.63) is 0 Å². The second-order valence-corrected chi connectivity index (χ2v) is 4.79. The van der Waals surface area contributed by atoms with E-state index in [1.54, 1.807) is 14.0 Å². The van der Waals surface area contributed by atoms with Gasteiger partial charge in [0.2, 0.25) is 0 Å². The van der Waals surface area contributed by atoms with E-state index >= 15 is 0 Å². The van der Waals surface area contributed by atoms with E-state index in [0.717, 1.165) is 19.3 Å². The molecule has 0 aromatic heterocycles. The number of hydrogen-bond donors (Lipinski definition) is 1. The first-order valence-electron chi connectivity index (χ1n) is 6.48. The number of ether oxygens (including phenoxy) is 2. The van der Waals surface area contributed by atoms with Crippen LogP contribution in [-0.4, -0.2) is 37.0 Å². The lowest BCUT2D eigenvalue weighted by Gasteiger charge is -2.34. The maximum absolute atomic E-state index is 11.9.